The zero-order valence-electron chi connectivity index (χ0n) is 15.1. The van der Waals surface area contributed by atoms with Gasteiger partial charge in [0.1, 0.15) is 5.82 Å². The summed E-state index contributed by atoms with van der Waals surface area (Å²) in [5.41, 5.74) is 2.21. The molecule has 26 heavy (non-hydrogen) atoms. The van der Waals surface area contributed by atoms with Gasteiger partial charge < -0.3 is 5.11 Å². The first-order valence-corrected chi connectivity index (χ1v) is 9.63. The Morgan fingerprint density at radius 3 is 2.50 bits per heavy atom. The van der Waals surface area contributed by atoms with Gasteiger partial charge in [-0.15, -0.1) is 0 Å². The smallest absolute Gasteiger partial charge is 0.123 e. The number of piperidine rings is 1. The van der Waals surface area contributed by atoms with Crippen molar-refractivity contribution in [2.24, 2.45) is 5.92 Å². The fourth-order valence-corrected chi connectivity index (χ4v) is 4.45. The molecule has 2 aliphatic rings. The van der Waals surface area contributed by atoms with Crippen LogP contribution in [0.1, 0.15) is 30.1 Å². The van der Waals surface area contributed by atoms with E-state index in [-0.39, 0.29) is 11.7 Å². The van der Waals surface area contributed by atoms with Crippen LogP contribution in [0.4, 0.5) is 4.39 Å². The molecule has 4 heteroatoms. The molecule has 2 aliphatic heterocycles. The van der Waals surface area contributed by atoms with E-state index in [2.05, 4.69) is 40.1 Å². The van der Waals surface area contributed by atoms with Crippen molar-refractivity contribution in [3.63, 3.8) is 0 Å². The van der Waals surface area contributed by atoms with Gasteiger partial charge in [0.2, 0.25) is 0 Å². The van der Waals surface area contributed by atoms with Crippen LogP contribution in [0.5, 0.6) is 0 Å². The molecule has 0 amide bonds. The van der Waals surface area contributed by atoms with Gasteiger partial charge in [0.15, 0.2) is 0 Å². The molecule has 0 aliphatic carbocycles. The van der Waals surface area contributed by atoms with E-state index in [1.54, 1.807) is 12.1 Å². The molecule has 2 saturated heterocycles. The molecular weight excluding hydrogens is 327 g/mol. The predicted octanol–water partition coefficient (Wildman–Crippen LogP) is 3.46. The molecule has 3 atom stereocenters. The van der Waals surface area contributed by atoms with E-state index >= 15 is 0 Å². The predicted molar refractivity (Wildman–Crippen MR) is 101 cm³/mol. The van der Waals surface area contributed by atoms with Gasteiger partial charge >= 0.3 is 0 Å². The average Bonchev–Trinajstić information content (AvgIpc) is 2.68. The minimum atomic E-state index is -0.501. The van der Waals surface area contributed by atoms with E-state index in [1.807, 2.05) is 0 Å². The third-order valence-corrected chi connectivity index (χ3v) is 5.94. The van der Waals surface area contributed by atoms with Gasteiger partial charge in [-0.1, -0.05) is 42.5 Å². The molecule has 0 radical (unpaired) electrons. The maximum absolute atomic E-state index is 13.1. The van der Waals surface area contributed by atoms with Gasteiger partial charge in [-0.2, -0.15) is 0 Å². The molecule has 0 bridgehead atoms. The van der Waals surface area contributed by atoms with E-state index in [1.165, 1.54) is 17.7 Å². The van der Waals surface area contributed by atoms with Gasteiger partial charge in [-0.25, -0.2) is 4.39 Å². The van der Waals surface area contributed by atoms with Crippen molar-refractivity contribution >= 4 is 0 Å². The largest absolute Gasteiger partial charge is 0.388 e. The van der Waals surface area contributed by atoms with Crippen molar-refractivity contribution in [1.29, 1.82) is 0 Å². The summed E-state index contributed by atoms with van der Waals surface area (Å²) in [4.78, 5) is 5.09. The lowest BCUT2D eigenvalue weighted by Crippen LogP contribution is -2.56. The molecule has 138 valence electrons. The topological polar surface area (TPSA) is 26.7 Å². The SMILES string of the molecule is O[C@H](c1ccc(F)cc1)C1CCC2CN(Cc3ccccc3)CCN2C1. The Morgan fingerprint density at radius 2 is 1.73 bits per heavy atom. The van der Waals surface area contributed by atoms with Crippen LogP contribution in [0.25, 0.3) is 0 Å². The molecule has 0 saturated carbocycles. The first kappa shape index (κ1) is 17.7. The molecule has 2 heterocycles. The normalized spacial score (nSPS) is 25.6. The molecule has 4 rings (SSSR count). The number of piperazine rings is 1. The second kappa shape index (κ2) is 7.87. The van der Waals surface area contributed by atoms with E-state index in [0.717, 1.165) is 51.1 Å². The summed E-state index contributed by atoms with van der Waals surface area (Å²) in [6, 6.07) is 17.6. The Balaban J connectivity index is 1.34. The third kappa shape index (κ3) is 3.98. The fourth-order valence-electron chi connectivity index (χ4n) is 4.45. The van der Waals surface area contributed by atoms with Crippen LogP contribution >= 0.6 is 0 Å². The lowest BCUT2D eigenvalue weighted by molar-refractivity contribution is -0.0135. The third-order valence-electron chi connectivity index (χ3n) is 5.94. The van der Waals surface area contributed by atoms with E-state index in [4.69, 9.17) is 0 Å². The van der Waals surface area contributed by atoms with Gasteiger partial charge in [-0.05, 0) is 36.1 Å². The number of aliphatic hydroxyl groups excluding tert-OH is 1. The Bertz CT molecular complexity index is 706. The zero-order chi connectivity index (χ0) is 17.9. The van der Waals surface area contributed by atoms with Crippen LogP contribution in [0.3, 0.4) is 0 Å². The molecule has 3 nitrogen and oxygen atoms in total. The minimum Gasteiger partial charge on any atom is -0.388 e. The first-order chi connectivity index (χ1) is 12.7. The number of halogens is 1. The van der Waals surface area contributed by atoms with Crippen LogP contribution in [0.15, 0.2) is 54.6 Å². The van der Waals surface area contributed by atoms with Crippen LogP contribution in [-0.2, 0) is 6.54 Å². The highest BCUT2D eigenvalue weighted by Crippen LogP contribution is 2.33. The standard InChI is InChI=1S/C22H27FN2O/c23-20-9-6-18(7-10-20)22(26)19-8-11-21-16-24(12-13-25(21)15-19)14-17-4-2-1-3-5-17/h1-7,9-10,19,21-22,26H,8,11-16H2/t19?,21?,22-/m1/s1. The van der Waals surface area contributed by atoms with E-state index in [0.29, 0.717) is 6.04 Å². The van der Waals surface area contributed by atoms with Gasteiger partial charge in [0.25, 0.3) is 0 Å². The quantitative estimate of drug-likeness (QED) is 0.911. The average molecular weight is 354 g/mol. The maximum Gasteiger partial charge on any atom is 0.123 e. The number of benzene rings is 2. The molecule has 2 aromatic carbocycles. The minimum absolute atomic E-state index is 0.234. The van der Waals surface area contributed by atoms with E-state index in [9.17, 15) is 9.50 Å². The van der Waals surface area contributed by atoms with Gasteiger partial charge in [0, 0.05) is 44.7 Å². The molecule has 0 spiro atoms. The maximum atomic E-state index is 13.1. The number of fused-ring (bicyclic) bond motifs is 1. The summed E-state index contributed by atoms with van der Waals surface area (Å²) in [5.74, 6) is -0.0171. The molecule has 1 N–H and O–H groups in total. The van der Waals surface area contributed by atoms with Gasteiger partial charge in [0.05, 0.1) is 6.10 Å². The first-order valence-electron chi connectivity index (χ1n) is 9.63. The zero-order valence-corrected chi connectivity index (χ0v) is 15.1. The lowest BCUT2D eigenvalue weighted by atomic mass is 9.85. The second-order valence-electron chi connectivity index (χ2n) is 7.70. The van der Waals surface area contributed by atoms with Crippen molar-refractivity contribution in [3.8, 4) is 0 Å². The summed E-state index contributed by atoms with van der Waals surface area (Å²) in [6.07, 6.45) is 1.64. The Hall–Kier alpha value is -1.75. The lowest BCUT2D eigenvalue weighted by Gasteiger charge is -2.47. The fraction of sp³-hybridized carbons (Fsp3) is 0.455. The number of nitrogens with zero attached hydrogens (tertiary/aromatic N) is 2. The molecule has 2 unspecified atom stereocenters. The summed E-state index contributed by atoms with van der Waals surface area (Å²) in [5, 5.41) is 10.7. The Labute approximate surface area is 155 Å². The highest BCUT2D eigenvalue weighted by molar-refractivity contribution is 5.19. The van der Waals surface area contributed by atoms with Crippen LogP contribution in [-0.4, -0.2) is 47.1 Å². The number of aliphatic hydroxyl groups is 1. The van der Waals surface area contributed by atoms with Gasteiger partial charge in [-0.3, -0.25) is 9.80 Å². The monoisotopic (exact) mass is 354 g/mol. The molecular formula is C22H27FN2O. The molecule has 2 fully saturated rings. The van der Waals surface area contributed by atoms with Crippen molar-refractivity contribution in [2.75, 3.05) is 26.2 Å². The number of hydrogen-bond acceptors (Lipinski definition) is 3. The van der Waals surface area contributed by atoms with Crippen molar-refractivity contribution in [2.45, 2.75) is 31.5 Å². The number of hydrogen-bond donors (Lipinski definition) is 1. The number of rotatable bonds is 4. The van der Waals surface area contributed by atoms with Crippen molar-refractivity contribution in [3.05, 3.63) is 71.5 Å². The summed E-state index contributed by atoms with van der Waals surface area (Å²) in [7, 11) is 0. The highest BCUT2D eigenvalue weighted by atomic mass is 19.1. The van der Waals surface area contributed by atoms with Crippen LogP contribution in [0, 0.1) is 11.7 Å². The second-order valence-corrected chi connectivity index (χ2v) is 7.70. The highest BCUT2D eigenvalue weighted by Gasteiger charge is 2.35. The van der Waals surface area contributed by atoms with Crippen molar-refractivity contribution < 1.29 is 9.50 Å². The molecule has 2 aromatic rings. The van der Waals surface area contributed by atoms with Crippen LogP contribution in [0.2, 0.25) is 0 Å². The van der Waals surface area contributed by atoms with Crippen molar-refractivity contribution in [1.82, 2.24) is 9.80 Å². The summed E-state index contributed by atoms with van der Waals surface area (Å²) >= 11 is 0. The Morgan fingerprint density at radius 1 is 0.962 bits per heavy atom. The Kier molecular flexibility index (Phi) is 5.34. The van der Waals surface area contributed by atoms with E-state index < -0.39 is 6.10 Å². The summed E-state index contributed by atoms with van der Waals surface area (Å²) < 4.78 is 13.1. The van der Waals surface area contributed by atoms with Crippen LogP contribution < -0.4 is 0 Å². The molecule has 0 aromatic heterocycles. The summed E-state index contributed by atoms with van der Waals surface area (Å²) in [6.45, 7) is 5.19.